The highest BCUT2D eigenvalue weighted by molar-refractivity contribution is 6.42. The second-order valence-electron chi connectivity index (χ2n) is 5.59. The van der Waals surface area contributed by atoms with E-state index >= 15 is 0 Å². The van der Waals surface area contributed by atoms with Gasteiger partial charge in [-0.25, -0.2) is 0 Å². The molecule has 0 aliphatic carbocycles. The molecule has 0 radical (unpaired) electrons. The van der Waals surface area contributed by atoms with Crippen molar-refractivity contribution in [2.75, 3.05) is 25.0 Å². The van der Waals surface area contributed by atoms with Crippen LogP contribution in [-0.2, 0) is 4.79 Å². The summed E-state index contributed by atoms with van der Waals surface area (Å²) >= 11 is 0. The van der Waals surface area contributed by atoms with Gasteiger partial charge in [-0.1, -0.05) is 0 Å². The molecule has 0 fully saturated rings. The summed E-state index contributed by atoms with van der Waals surface area (Å²) in [7, 11) is 0. The first kappa shape index (κ1) is 18.2. The fourth-order valence-electron chi connectivity index (χ4n) is 2.47. The minimum absolute atomic E-state index is 0.199. The minimum Gasteiger partial charge on any atom is -0.494 e. The summed E-state index contributed by atoms with van der Waals surface area (Å²) in [5.41, 5.74) is 0.0431. The predicted molar refractivity (Wildman–Crippen MR) is 99.7 cm³/mol. The van der Waals surface area contributed by atoms with Crippen LogP contribution in [0.15, 0.2) is 47.5 Å². The van der Waals surface area contributed by atoms with Gasteiger partial charge in [-0.15, -0.1) is 0 Å². The Morgan fingerprint density at radius 3 is 2.59 bits per heavy atom. The molecule has 2 aromatic carbocycles. The lowest BCUT2D eigenvalue weighted by Crippen LogP contribution is -2.32. The molecule has 0 spiro atoms. The standard InChI is InChI=1S/C18H18N4O5/c1-2-26-14-3-5-15(6-4-14)27-16-10-12(9-13(11-16)22(24)25)21-18(23)17-19-7-8-20-17/h3-6,9-11H,2,7-8H2,1H3,(H,19,20)(H,21,23). The number of amides is 1. The van der Waals surface area contributed by atoms with Crippen LogP contribution in [-0.4, -0.2) is 36.4 Å². The number of ether oxygens (including phenoxy) is 2. The summed E-state index contributed by atoms with van der Waals surface area (Å²) in [5, 5.41) is 16.6. The lowest BCUT2D eigenvalue weighted by atomic mass is 10.2. The van der Waals surface area contributed by atoms with Gasteiger partial charge in [-0.2, -0.15) is 0 Å². The van der Waals surface area contributed by atoms with Crippen molar-refractivity contribution in [3.05, 3.63) is 52.6 Å². The Labute approximate surface area is 155 Å². The van der Waals surface area contributed by atoms with Crippen LogP contribution in [0, 0.1) is 10.1 Å². The van der Waals surface area contributed by atoms with Crippen molar-refractivity contribution >= 4 is 23.1 Å². The van der Waals surface area contributed by atoms with Crippen molar-refractivity contribution in [2.45, 2.75) is 6.92 Å². The van der Waals surface area contributed by atoms with Crippen LogP contribution in [0.2, 0.25) is 0 Å². The Bertz CT molecular complexity index is 880. The van der Waals surface area contributed by atoms with E-state index in [0.717, 1.165) is 0 Å². The Morgan fingerprint density at radius 1 is 1.22 bits per heavy atom. The molecule has 1 heterocycles. The number of nitro groups is 1. The number of hydrogen-bond acceptors (Lipinski definition) is 7. The van der Waals surface area contributed by atoms with E-state index in [1.165, 1.54) is 18.2 Å². The second kappa shape index (κ2) is 8.17. The molecular weight excluding hydrogens is 352 g/mol. The van der Waals surface area contributed by atoms with Crippen LogP contribution in [0.25, 0.3) is 0 Å². The van der Waals surface area contributed by atoms with Crippen molar-refractivity contribution < 1.29 is 19.2 Å². The first-order valence-corrected chi connectivity index (χ1v) is 8.35. The fourth-order valence-corrected chi connectivity index (χ4v) is 2.47. The Kier molecular flexibility index (Phi) is 5.50. The average molecular weight is 370 g/mol. The first-order chi connectivity index (χ1) is 13.0. The Morgan fingerprint density at radius 2 is 1.96 bits per heavy atom. The van der Waals surface area contributed by atoms with Crippen molar-refractivity contribution in [3.8, 4) is 17.2 Å². The molecule has 9 heteroatoms. The molecule has 2 N–H and O–H groups in total. The number of non-ortho nitro benzene ring substituents is 1. The number of hydrogen-bond donors (Lipinski definition) is 2. The van der Waals surface area contributed by atoms with E-state index in [9.17, 15) is 14.9 Å². The number of benzene rings is 2. The summed E-state index contributed by atoms with van der Waals surface area (Å²) in [5.74, 6) is 1.15. The average Bonchev–Trinajstić information content (AvgIpc) is 3.18. The lowest BCUT2D eigenvalue weighted by molar-refractivity contribution is -0.384. The third-order valence-corrected chi connectivity index (χ3v) is 3.62. The van der Waals surface area contributed by atoms with Gasteiger partial charge in [0, 0.05) is 18.7 Å². The predicted octanol–water partition coefficient (Wildman–Crippen LogP) is 2.73. The fraction of sp³-hybridized carbons (Fsp3) is 0.222. The van der Waals surface area contributed by atoms with Crippen LogP contribution in [0.4, 0.5) is 11.4 Å². The first-order valence-electron chi connectivity index (χ1n) is 8.35. The van der Waals surface area contributed by atoms with Crippen molar-refractivity contribution in [2.24, 2.45) is 4.99 Å². The Hall–Kier alpha value is -3.62. The lowest BCUT2D eigenvalue weighted by Gasteiger charge is -2.10. The second-order valence-corrected chi connectivity index (χ2v) is 5.59. The molecule has 0 saturated heterocycles. The van der Waals surface area contributed by atoms with Crippen LogP contribution in [0.1, 0.15) is 6.92 Å². The number of nitrogens with zero attached hydrogens (tertiary/aromatic N) is 2. The van der Waals surface area contributed by atoms with E-state index < -0.39 is 10.8 Å². The molecule has 9 nitrogen and oxygen atoms in total. The number of nitrogens with one attached hydrogen (secondary N) is 2. The van der Waals surface area contributed by atoms with Gasteiger partial charge in [-0.05, 0) is 31.2 Å². The van der Waals surface area contributed by atoms with Gasteiger partial charge in [0.1, 0.15) is 17.2 Å². The highest BCUT2D eigenvalue weighted by Gasteiger charge is 2.17. The molecule has 0 saturated carbocycles. The molecule has 0 aromatic heterocycles. The van der Waals surface area contributed by atoms with E-state index in [0.29, 0.717) is 31.2 Å². The van der Waals surface area contributed by atoms with Gasteiger partial charge in [-0.3, -0.25) is 19.9 Å². The van der Waals surface area contributed by atoms with Gasteiger partial charge in [0.05, 0.1) is 29.8 Å². The third kappa shape index (κ3) is 4.72. The Balaban J connectivity index is 1.80. The van der Waals surface area contributed by atoms with Gasteiger partial charge in [0.25, 0.3) is 11.6 Å². The van der Waals surface area contributed by atoms with E-state index in [4.69, 9.17) is 9.47 Å². The molecule has 2 aromatic rings. The summed E-state index contributed by atoms with van der Waals surface area (Å²) in [6.45, 7) is 3.54. The van der Waals surface area contributed by atoms with Crippen LogP contribution in [0.5, 0.6) is 17.2 Å². The molecule has 27 heavy (non-hydrogen) atoms. The number of nitro benzene ring substituents is 1. The summed E-state index contributed by atoms with van der Waals surface area (Å²) in [4.78, 5) is 26.8. The van der Waals surface area contributed by atoms with Crippen molar-refractivity contribution in [3.63, 3.8) is 0 Å². The van der Waals surface area contributed by atoms with Crippen molar-refractivity contribution in [1.29, 1.82) is 0 Å². The summed E-state index contributed by atoms with van der Waals surface area (Å²) < 4.78 is 11.1. The van der Waals surface area contributed by atoms with E-state index in [-0.39, 0.29) is 23.0 Å². The zero-order valence-corrected chi connectivity index (χ0v) is 14.6. The zero-order chi connectivity index (χ0) is 19.2. The maximum absolute atomic E-state index is 12.1. The molecule has 1 amide bonds. The topological polar surface area (TPSA) is 115 Å². The molecular formula is C18H18N4O5. The highest BCUT2D eigenvalue weighted by Crippen LogP contribution is 2.30. The summed E-state index contributed by atoms with van der Waals surface area (Å²) in [6.07, 6.45) is 0. The number of anilines is 1. The third-order valence-electron chi connectivity index (χ3n) is 3.62. The SMILES string of the molecule is CCOc1ccc(Oc2cc(NC(=O)C3=NCCN3)cc([N+](=O)[O-])c2)cc1. The smallest absolute Gasteiger partial charge is 0.290 e. The van der Waals surface area contributed by atoms with Crippen molar-refractivity contribution in [1.82, 2.24) is 5.32 Å². The molecule has 0 atom stereocenters. The van der Waals surface area contributed by atoms with Gasteiger partial charge in [0.15, 0.2) is 5.84 Å². The number of rotatable bonds is 7. The van der Waals surface area contributed by atoms with Gasteiger partial charge >= 0.3 is 0 Å². The maximum Gasteiger partial charge on any atom is 0.290 e. The number of amidine groups is 1. The molecule has 1 aliphatic rings. The largest absolute Gasteiger partial charge is 0.494 e. The number of carbonyl (C=O) groups excluding carboxylic acids is 1. The molecule has 0 unspecified atom stereocenters. The van der Waals surface area contributed by atoms with Crippen LogP contribution >= 0.6 is 0 Å². The van der Waals surface area contributed by atoms with E-state index in [1.807, 2.05) is 6.92 Å². The minimum atomic E-state index is -0.550. The maximum atomic E-state index is 12.1. The number of carbonyl (C=O) groups is 1. The molecule has 0 bridgehead atoms. The molecule has 3 rings (SSSR count). The van der Waals surface area contributed by atoms with Gasteiger partial charge in [0.2, 0.25) is 0 Å². The molecule has 140 valence electrons. The quantitative estimate of drug-likeness (QED) is 0.572. The zero-order valence-electron chi connectivity index (χ0n) is 14.6. The van der Waals surface area contributed by atoms with E-state index in [2.05, 4.69) is 15.6 Å². The van der Waals surface area contributed by atoms with E-state index in [1.54, 1.807) is 24.3 Å². The highest BCUT2D eigenvalue weighted by atomic mass is 16.6. The van der Waals surface area contributed by atoms with Crippen LogP contribution < -0.4 is 20.1 Å². The monoisotopic (exact) mass is 370 g/mol. The summed E-state index contributed by atoms with van der Waals surface area (Å²) in [6, 6.07) is 10.9. The van der Waals surface area contributed by atoms with Crippen LogP contribution in [0.3, 0.4) is 0 Å². The van der Waals surface area contributed by atoms with Gasteiger partial charge < -0.3 is 20.1 Å². The number of aliphatic imine (C=N–C) groups is 1. The normalized spacial score (nSPS) is 12.7. The molecule has 1 aliphatic heterocycles.